The van der Waals surface area contributed by atoms with Crippen molar-refractivity contribution in [1.82, 2.24) is 15.1 Å². The van der Waals surface area contributed by atoms with E-state index in [-0.39, 0.29) is 12.4 Å². The lowest BCUT2D eigenvalue weighted by molar-refractivity contribution is -0.133. The molecule has 5 heteroatoms. The lowest BCUT2D eigenvalue weighted by Crippen LogP contribution is -2.46. The van der Waals surface area contributed by atoms with Crippen LogP contribution in [0, 0.1) is 17.8 Å². The topological polar surface area (TPSA) is 35.6 Å². The van der Waals surface area contributed by atoms with Crippen LogP contribution in [0.15, 0.2) is 0 Å². The minimum Gasteiger partial charge on any atom is -0.341 e. The van der Waals surface area contributed by atoms with E-state index in [1.165, 1.54) is 12.8 Å². The summed E-state index contributed by atoms with van der Waals surface area (Å²) < 4.78 is 0. The summed E-state index contributed by atoms with van der Waals surface area (Å²) >= 11 is 0. The van der Waals surface area contributed by atoms with Gasteiger partial charge >= 0.3 is 0 Å². The molecule has 0 spiro atoms. The molecule has 1 aliphatic heterocycles. The molecule has 0 aliphatic carbocycles. The van der Waals surface area contributed by atoms with Crippen molar-refractivity contribution in [2.24, 2.45) is 17.8 Å². The third-order valence-corrected chi connectivity index (χ3v) is 4.27. The van der Waals surface area contributed by atoms with E-state index in [0.29, 0.717) is 24.3 Å². The lowest BCUT2D eigenvalue weighted by atomic mass is 9.97. The van der Waals surface area contributed by atoms with Crippen molar-refractivity contribution in [2.75, 3.05) is 45.8 Å². The summed E-state index contributed by atoms with van der Waals surface area (Å²) in [5, 5.41) is 3.44. The molecular formula is C18H38ClN3O. The summed E-state index contributed by atoms with van der Waals surface area (Å²) in [6, 6.07) is 0. The summed E-state index contributed by atoms with van der Waals surface area (Å²) in [5.74, 6) is 2.17. The van der Waals surface area contributed by atoms with Crippen molar-refractivity contribution in [2.45, 2.75) is 47.5 Å². The lowest BCUT2D eigenvalue weighted by Gasteiger charge is -2.34. The van der Waals surface area contributed by atoms with Crippen molar-refractivity contribution in [1.29, 1.82) is 0 Å². The molecule has 0 saturated carbocycles. The highest BCUT2D eigenvalue weighted by Crippen LogP contribution is 2.16. The van der Waals surface area contributed by atoms with Crippen LogP contribution in [0.4, 0.5) is 0 Å². The Kier molecular flexibility index (Phi) is 11.9. The number of amides is 1. The second kappa shape index (κ2) is 12.1. The van der Waals surface area contributed by atoms with Crippen molar-refractivity contribution in [3.63, 3.8) is 0 Å². The Labute approximate surface area is 149 Å². The predicted octanol–water partition coefficient (Wildman–Crippen LogP) is 2.87. The van der Waals surface area contributed by atoms with Crippen LogP contribution in [0.1, 0.15) is 47.5 Å². The Morgan fingerprint density at radius 1 is 1.13 bits per heavy atom. The van der Waals surface area contributed by atoms with E-state index in [2.05, 4.69) is 49.7 Å². The van der Waals surface area contributed by atoms with Crippen LogP contribution in [0.5, 0.6) is 0 Å². The molecule has 1 rings (SSSR count). The van der Waals surface area contributed by atoms with Crippen LogP contribution in [0.25, 0.3) is 0 Å². The molecule has 1 fully saturated rings. The van der Waals surface area contributed by atoms with Crippen molar-refractivity contribution in [3.8, 4) is 0 Å². The summed E-state index contributed by atoms with van der Waals surface area (Å²) in [6.45, 7) is 17.6. The predicted molar refractivity (Wildman–Crippen MR) is 101 cm³/mol. The van der Waals surface area contributed by atoms with Gasteiger partial charge in [0.15, 0.2) is 0 Å². The van der Waals surface area contributed by atoms with Crippen molar-refractivity contribution >= 4 is 18.3 Å². The maximum Gasteiger partial charge on any atom is 0.236 e. The fourth-order valence-electron chi connectivity index (χ4n) is 3.15. The Morgan fingerprint density at radius 2 is 1.65 bits per heavy atom. The minimum absolute atomic E-state index is 0. The monoisotopic (exact) mass is 347 g/mol. The normalized spacial score (nSPS) is 16.7. The smallest absolute Gasteiger partial charge is 0.236 e. The van der Waals surface area contributed by atoms with E-state index in [1.54, 1.807) is 0 Å². The first-order valence-electron chi connectivity index (χ1n) is 9.13. The number of piperidine rings is 1. The number of carbonyl (C=O) groups is 1. The second-order valence-electron chi connectivity index (χ2n) is 7.61. The molecule has 1 heterocycles. The zero-order chi connectivity index (χ0) is 16.5. The van der Waals surface area contributed by atoms with E-state index in [0.717, 1.165) is 45.2 Å². The molecule has 0 unspecified atom stereocenters. The Hall–Kier alpha value is -0.320. The summed E-state index contributed by atoms with van der Waals surface area (Å²) in [7, 11) is 0. The van der Waals surface area contributed by atoms with E-state index in [9.17, 15) is 4.79 Å². The average molecular weight is 348 g/mol. The number of hydrogen-bond donors (Lipinski definition) is 1. The molecule has 0 atom stereocenters. The van der Waals surface area contributed by atoms with Gasteiger partial charge in [-0.2, -0.15) is 0 Å². The van der Waals surface area contributed by atoms with Crippen LogP contribution in [0.2, 0.25) is 0 Å². The third kappa shape index (κ3) is 9.53. The van der Waals surface area contributed by atoms with Gasteiger partial charge in [-0.1, -0.05) is 34.6 Å². The molecule has 1 aliphatic rings. The van der Waals surface area contributed by atoms with Crippen LogP contribution in [-0.2, 0) is 4.79 Å². The summed E-state index contributed by atoms with van der Waals surface area (Å²) in [5.41, 5.74) is 0. The van der Waals surface area contributed by atoms with Crippen molar-refractivity contribution < 1.29 is 4.79 Å². The molecular weight excluding hydrogens is 310 g/mol. The fourth-order valence-corrected chi connectivity index (χ4v) is 3.15. The molecule has 1 saturated heterocycles. The first-order valence-corrected chi connectivity index (χ1v) is 9.13. The highest BCUT2D eigenvalue weighted by atomic mass is 35.5. The first kappa shape index (κ1) is 22.7. The number of carbonyl (C=O) groups excluding carboxylic acids is 1. The van der Waals surface area contributed by atoms with Crippen LogP contribution in [-0.4, -0.2) is 61.5 Å². The van der Waals surface area contributed by atoms with Crippen LogP contribution >= 0.6 is 12.4 Å². The Morgan fingerprint density at radius 3 is 2.09 bits per heavy atom. The number of likely N-dealkylation sites (tertiary alicyclic amines) is 1. The van der Waals surface area contributed by atoms with E-state index >= 15 is 0 Å². The molecule has 0 aromatic heterocycles. The second-order valence-corrected chi connectivity index (χ2v) is 7.61. The largest absolute Gasteiger partial charge is 0.341 e. The molecule has 1 amide bonds. The number of halogens is 1. The average Bonchev–Trinajstić information content (AvgIpc) is 2.45. The van der Waals surface area contributed by atoms with Crippen molar-refractivity contribution in [3.05, 3.63) is 0 Å². The minimum atomic E-state index is 0. The highest BCUT2D eigenvalue weighted by molar-refractivity contribution is 5.85. The highest BCUT2D eigenvalue weighted by Gasteiger charge is 2.23. The van der Waals surface area contributed by atoms with Gasteiger partial charge in [-0.15, -0.1) is 12.4 Å². The Balaban J connectivity index is 0.00000484. The van der Waals surface area contributed by atoms with Gasteiger partial charge < -0.3 is 10.2 Å². The molecule has 138 valence electrons. The van der Waals surface area contributed by atoms with Crippen LogP contribution in [0.3, 0.4) is 0 Å². The maximum absolute atomic E-state index is 12.6. The molecule has 1 N–H and O–H groups in total. The van der Waals surface area contributed by atoms with Gasteiger partial charge in [-0.25, -0.2) is 0 Å². The van der Waals surface area contributed by atoms with Gasteiger partial charge in [0.1, 0.15) is 0 Å². The molecule has 23 heavy (non-hydrogen) atoms. The fraction of sp³-hybridized carbons (Fsp3) is 0.944. The first-order chi connectivity index (χ1) is 10.4. The zero-order valence-electron chi connectivity index (χ0n) is 15.8. The molecule has 0 aromatic carbocycles. The van der Waals surface area contributed by atoms with E-state index in [4.69, 9.17) is 0 Å². The number of nitrogens with zero attached hydrogens (tertiary/aromatic N) is 2. The van der Waals surface area contributed by atoms with Gasteiger partial charge in [0.05, 0.1) is 6.54 Å². The van der Waals surface area contributed by atoms with E-state index in [1.807, 2.05) is 0 Å². The number of hydrogen-bond acceptors (Lipinski definition) is 3. The molecule has 0 aromatic rings. The molecule has 0 radical (unpaired) electrons. The number of nitrogens with one attached hydrogen (secondary N) is 1. The van der Waals surface area contributed by atoms with Crippen LogP contribution < -0.4 is 5.32 Å². The van der Waals surface area contributed by atoms with Gasteiger partial charge in [0.25, 0.3) is 0 Å². The summed E-state index contributed by atoms with van der Waals surface area (Å²) in [6.07, 6.45) is 2.43. The maximum atomic E-state index is 12.6. The SMILES string of the molecule is CCNCC1CCN(CC(=O)N(CC(C)C)CC(C)C)CC1.Cl. The van der Waals surface area contributed by atoms with Gasteiger partial charge in [-0.3, -0.25) is 9.69 Å². The standard InChI is InChI=1S/C18H37N3O.ClH/c1-6-19-11-17-7-9-20(10-8-17)14-18(22)21(12-15(2)3)13-16(4)5;/h15-17,19H,6-14H2,1-5H3;1H. The third-order valence-electron chi connectivity index (χ3n) is 4.27. The quantitative estimate of drug-likeness (QED) is 0.696. The van der Waals surface area contributed by atoms with E-state index < -0.39 is 0 Å². The molecule has 0 bridgehead atoms. The van der Waals surface area contributed by atoms with Gasteiger partial charge in [-0.05, 0) is 56.8 Å². The Bertz CT molecular complexity index is 305. The zero-order valence-corrected chi connectivity index (χ0v) is 16.6. The summed E-state index contributed by atoms with van der Waals surface area (Å²) in [4.78, 5) is 17.0. The molecule has 4 nitrogen and oxygen atoms in total. The van der Waals surface area contributed by atoms with Gasteiger partial charge in [0, 0.05) is 13.1 Å². The van der Waals surface area contributed by atoms with Gasteiger partial charge in [0.2, 0.25) is 5.91 Å². The number of rotatable bonds is 9.